The molecule has 6 heteroatoms. The fourth-order valence-corrected chi connectivity index (χ4v) is 1.50. The van der Waals surface area contributed by atoms with Crippen molar-refractivity contribution in [3.8, 4) is 5.69 Å². The molecule has 2 heterocycles. The van der Waals surface area contributed by atoms with E-state index in [1.165, 1.54) is 4.57 Å². The summed E-state index contributed by atoms with van der Waals surface area (Å²) in [5.74, 6) is 0. The molecule has 0 saturated heterocycles. The molecule has 0 unspecified atom stereocenters. The smallest absolute Gasteiger partial charge is 0.266 e. The van der Waals surface area contributed by atoms with Crippen LogP contribution in [0.25, 0.3) is 16.9 Å². The summed E-state index contributed by atoms with van der Waals surface area (Å²) in [6.45, 7) is 0. The van der Waals surface area contributed by atoms with Gasteiger partial charge in [0, 0.05) is 6.20 Å². The van der Waals surface area contributed by atoms with E-state index in [0.29, 0.717) is 11.2 Å². The molecule has 78 valence electrons. The molecule has 0 saturated carbocycles. The Balaban J connectivity index is 2.31. The summed E-state index contributed by atoms with van der Waals surface area (Å²) in [6, 6.07) is 9.27. The SMILES string of the molecule is O=c1nc2nn[nH]c2cn1-c1ccccc1. The maximum atomic E-state index is 11.7. The van der Waals surface area contributed by atoms with Crippen molar-refractivity contribution in [3.05, 3.63) is 47.0 Å². The maximum absolute atomic E-state index is 11.7. The summed E-state index contributed by atoms with van der Waals surface area (Å²) < 4.78 is 1.45. The first-order valence-electron chi connectivity index (χ1n) is 4.70. The maximum Gasteiger partial charge on any atom is 0.354 e. The Hall–Kier alpha value is -2.50. The Morgan fingerprint density at radius 3 is 2.81 bits per heavy atom. The minimum Gasteiger partial charge on any atom is -0.266 e. The molecule has 0 bridgehead atoms. The first-order valence-corrected chi connectivity index (χ1v) is 4.70. The molecule has 0 aliphatic heterocycles. The van der Waals surface area contributed by atoms with Crippen LogP contribution in [0.1, 0.15) is 0 Å². The van der Waals surface area contributed by atoms with Crippen molar-refractivity contribution in [2.75, 3.05) is 0 Å². The van der Waals surface area contributed by atoms with E-state index in [-0.39, 0.29) is 5.69 Å². The number of nitrogens with one attached hydrogen (secondary N) is 1. The van der Waals surface area contributed by atoms with Crippen LogP contribution in [0.2, 0.25) is 0 Å². The van der Waals surface area contributed by atoms with E-state index in [4.69, 9.17) is 0 Å². The number of aromatic nitrogens is 5. The molecule has 0 radical (unpaired) electrons. The number of aromatic amines is 1. The van der Waals surface area contributed by atoms with E-state index < -0.39 is 0 Å². The molecule has 16 heavy (non-hydrogen) atoms. The number of nitrogens with zero attached hydrogens (tertiary/aromatic N) is 4. The lowest BCUT2D eigenvalue weighted by Gasteiger charge is -2.02. The lowest BCUT2D eigenvalue weighted by molar-refractivity contribution is 0.931. The van der Waals surface area contributed by atoms with Gasteiger partial charge in [0.05, 0.1) is 5.69 Å². The lowest BCUT2D eigenvalue weighted by atomic mass is 10.3. The van der Waals surface area contributed by atoms with Gasteiger partial charge in [-0.15, -0.1) is 5.10 Å². The molecule has 0 aliphatic carbocycles. The Labute approximate surface area is 89.6 Å². The van der Waals surface area contributed by atoms with Gasteiger partial charge in [0.1, 0.15) is 5.52 Å². The van der Waals surface area contributed by atoms with Crippen molar-refractivity contribution >= 4 is 11.2 Å². The van der Waals surface area contributed by atoms with Crippen LogP contribution in [0.3, 0.4) is 0 Å². The van der Waals surface area contributed by atoms with Gasteiger partial charge in [-0.1, -0.05) is 23.4 Å². The van der Waals surface area contributed by atoms with Gasteiger partial charge in [0.25, 0.3) is 0 Å². The zero-order valence-electron chi connectivity index (χ0n) is 8.16. The molecule has 2 aromatic heterocycles. The number of rotatable bonds is 1. The largest absolute Gasteiger partial charge is 0.354 e. The third-order valence-corrected chi connectivity index (χ3v) is 2.26. The van der Waals surface area contributed by atoms with Crippen LogP contribution >= 0.6 is 0 Å². The third kappa shape index (κ3) is 1.28. The molecule has 1 aromatic carbocycles. The van der Waals surface area contributed by atoms with Crippen molar-refractivity contribution in [1.82, 2.24) is 25.0 Å². The fraction of sp³-hybridized carbons (Fsp3) is 0. The second-order valence-electron chi connectivity index (χ2n) is 3.28. The number of hydrogen-bond acceptors (Lipinski definition) is 4. The standard InChI is InChI=1S/C10H7N5O/c16-10-11-9-8(12-14-13-9)6-15(10)7-4-2-1-3-5-7/h1-6H,(H,11,12,13,16). The minimum atomic E-state index is -0.368. The molecular formula is C10H7N5O. The van der Waals surface area contributed by atoms with Gasteiger partial charge >= 0.3 is 5.69 Å². The van der Waals surface area contributed by atoms with E-state index in [0.717, 1.165) is 5.69 Å². The highest BCUT2D eigenvalue weighted by Gasteiger charge is 2.05. The van der Waals surface area contributed by atoms with Crippen LogP contribution in [-0.2, 0) is 0 Å². The van der Waals surface area contributed by atoms with E-state index in [1.54, 1.807) is 6.20 Å². The number of H-pyrrole nitrogens is 1. The van der Waals surface area contributed by atoms with Crippen molar-refractivity contribution in [1.29, 1.82) is 0 Å². The highest BCUT2D eigenvalue weighted by Crippen LogP contribution is 2.06. The predicted molar refractivity (Wildman–Crippen MR) is 57.3 cm³/mol. The van der Waals surface area contributed by atoms with Crippen molar-refractivity contribution in [2.45, 2.75) is 0 Å². The number of fused-ring (bicyclic) bond motifs is 1. The molecular weight excluding hydrogens is 206 g/mol. The van der Waals surface area contributed by atoms with Crippen LogP contribution in [0.4, 0.5) is 0 Å². The van der Waals surface area contributed by atoms with Crippen molar-refractivity contribution in [3.63, 3.8) is 0 Å². The van der Waals surface area contributed by atoms with Gasteiger partial charge in [-0.3, -0.25) is 9.67 Å². The van der Waals surface area contributed by atoms with Gasteiger partial charge in [0.2, 0.25) is 5.65 Å². The average molecular weight is 213 g/mol. The van der Waals surface area contributed by atoms with Gasteiger partial charge in [0.15, 0.2) is 0 Å². The topological polar surface area (TPSA) is 76.5 Å². The molecule has 0 amide bonds. The fourth-order valence-electron chi connectivity index (χ4n) is 1.50. The first-order chi connectivity index (χ1) is 7.84. The number of para-hydroxylation sites is 1. The van der Waals surface area contributed by atoms with Crippen LogP contribution in [-0.4, -0.2) is 25.0 Å². The van der Waals surface area contributed by atoms with Gasteiger partial charge in [-0.25, -0.2) is 4.79 Å². The Bertz CT molecular complexity index is 685. The summed E-state index contributed by atoms with van der Waals surface area (Å²) in [6.07, 6.45) is 1.64. The average Bonchev–Trinajstić information content (AvgIpc) is 2.76. The van der Waals surface area contributed by atoms with Crippen LogP contribution in [0.15, 0.2) is 41.3 Å². The summed E-state index contributed by atoms with van der Waals surface area (Å²) in [5, 5.41) is 9.95. The van der Waals surface area contributed by atoms with E-state index in [9.17, 15) is 4.79 Å². The molecule has 1 N–H and O–H groups in total. The monoisotopic (exact) mass is 213 g/mol. The van der Waals surface area contributed by atoms with E-state index >= 15 is 0 Å². The molecule has 0 atom stereocenters. The predicted octanol–water partition coefficient (Wildman–Crippen LogP) is 0.504. The number of hydrogen-bond donors (Lipinski definition) is 1. The highest BCUT2D eigenvalue weighted by atomic mass is 16.1. The normalized spacial score (nSPS) is 10.8. The molecule has 6 nitrogen and oxygen atoms in total. The zero-order chi connectivity index (χ0) is 11.0. The zero-order valence-corrected chi connectivity index (χ0v) is 8.16. The minimum absolute atomic E-state index is 0.331. The summed E-state index contributed by atoms with van der Waals surface area (Å²) >= 11 is 0. The van der Waals surface area contributed by atoms with Gasteiger partial charge in [-0.2, -0.15) is 4.98 Å². The Kier molecular flexibility index (Phi) is 1.79. The van der Waals surface area contributed by atoms with Gasteiger partial charge < -0.3 is 0 Å². The second-order valence-corrected chi connectivity index (χ2v) is 3.28. The molecule has 0 fully saturated rings. The quantitative estimate of drug-likeness (QED) is 0.638. The summed E-state index contributed by atoms with van der Waals surface area (Å²) in [5.41, 5.74) is 1.35. The van der Waals surface area contributed by atoms with E-state index in [1.807, 2.05) is 30.3 Å². The lowest BCUT2D eigenvalue weighted by Crippen LogP contribution is -2.20. The molecule has 3 aromatic rings. The number of benzene rings is 1. The van der Waals surface area contributed by atoms with Crippen LogP contribution in [0.5, 0.6) is 0 Å². The van der Waals surface area contributed by atoms with Crippen LogP contribution in [0, 0.1) is 0 Å². The van der Waals surface area contributed by atoms with Crippen molar-refractivity contribution in [2.24, 2.45) is 0 Å². The van der Waals surface area contributed by atoms with E-state index in [2.05, 4.69) is 20.4 Å². The second kappa shape index (κ2) is 3.27. The van der Waals surface area contributed by atoms with Gasteiger partial charge in [-0.05, 0) is 12.1 Å². The molecule has 3 rings (SSSR count). The molecule has 0 spiro atoms. The summed E-state index contributed by atoms with van der Waals surface area (Å²) in [7, 11) is 0. The van der Waals surface area contributed by atoms with Crippen molar-refractivity contribution < 1.29 is 0 Å². The Morgan fingerprint density at radius 1 is 1.19 bits per heavy atom. The summed E-state index contributed by atoms with van der Waals surface area (Å²) in [4.78, 5) is 15.5. The Morgan fingerprint density at radius 2 is 2.00 bits per heavy atom. The molecule has 0 aliphatic rings. The first kappa shape index (κ1) is 8.78. The third-order valence-electron chi connectivity index (χ3n) is 2.26. The van der Waals surface area contributed by atoms with Crippen LogP contribution < -0.4 is 5.69 Å². The highest BCUT2D eigenvalue weighted by molar-refractivity contribution is 5.67.